The Morgan fingerprint density at radius 3 is 2.71 bits per heavy atom. The number of hydrogen-bond donors (Lipinski definition) is 1. The van der Waals surface area contributed by atoms with Crippen molar-refractivity contribution in [3.8, 4) is 6.07 Å². The first-order valence-corrected chi connectivity index (χ1v) is 6.00. The Bertz CT molecular complexity index is 421. The van der Waals surface area contributed by atoms with E-state index in [1.54, 1.807) is 0 Å². The van der Waals surface area contributed by atoms with Crippen LogP contribution in [-0.2, 0) is 11.3 Å². The van der Waals surface area contributed by atoms with Gasteiger partial charge in [-0.25, -0.2) is 0 Å². The highest BCUT2D eigenvalue weighted by atomic mass is 16.5. The number of nitrogens with one attached hydrogen (secondary N) is 1. The molecule has 17 heavy (non-hydrogen) atoms. The van der Waals surface area contributed by atoms with E-state index in [4.69, 9.17) is 10.00 Å². The van der Waals surface area contributed by atoms with Gasteiger partial charge in [-0.15, -0.1) is 0 Å². The third-order valence-electron chi connectivity index (χ3n) is 3.67. The highest BCUT2D eigenvalue weighted by molar-refractivity contribution is 5.31. The molecular formula is C14H18N2O. The highest BCUT2D eigenvalue weighted by Gasteiger charge is 2.36. The lowest BCUT2D eigenvalue weighted by atomic mass is 9.94. The molecule has 2 unspecified atom stereocenters. The van der Waals surface area contributed by atoms with Gasteiger partial charge in [0.1, 0.15) is 0 Å². The summed E-state index contributed by atoms with van der Waals surface area (Å²) >= 11 is 0. The van der Waals surface area contributed by atoms with E-state index in [9.17, 15) is 0 Å². The Labute approximate surface area is 102 Å². The summed E-state index contributed by atoms with van der Waals surface area (Å²) in [7, 11) is 0. The molecule has 3 heteroatoms. The molecule has 1 fully saturated rings. The van der Waals surface area contributed by atoms with E-state index in [0.717, 1.165) is 19.6 Å². The van der Waals surface area contributed by atoms with Gasteiger partial charge in [0.05, 0.1) is 17.7 Å². The zero-order valence-corrected chi connectivity index (χ0v) is 10.4. The topological polar surface area (TPSA) is 45.0 Å². The molecule has 1 heterocycles. The van der Waals surface area contributed by atoms with Crippen LogP contribution in [0, 0.1) is 11.3 Å². The lowest BCUT2D eigenvalue weighted by Crippen LogP contribution is -2.47. The Hall–Kier alpha value is -1.37. The van der Waals surface area contributed by atoms with Crippen molar-refractivity contribution in [3.05, 3.63) is 35.4 Å². The number of ether oxygens (including phenoxy) is 1. The molecular weight excluding hydrogens is 212 g/mol. The Balaban J connectivity index is 1.95. The Morgan fingerprint density at radius 2 is 2.18 bits per heavy atom. The van der Waals surface area contributed by atoms with Gasteiger partial charge < -0.3 is 10.1 Å². The fourth-order valence-corrected chi connectivity index (χ4v) is 2.07. The predicted molar refractivity (Wildman–Crippen MR) is 66.4 cm³/mol. The maximum Gasteiger partial charge on any atom is 0.0991 e. The third-order valence-corrected chi connectivity index (χ3v) is 3.67. The van der Waals surface area contributed by atoms with E-state index in [1.165, 1.54) is 5.56 Å². The van der Waals surface area contributed by atoms with Gasteiger partial charge >= 0.3 is 0 Å². The molecule has 0 saturated carbocycles. The van der Waals surface area contributed by atoms with Gasteiger partial charge in [0, 0.05) is 18.7 Å². The van der Waals surface area contributed by atoms with Gasteiger partial charge in [-0.05, 0) is 38.0 Å². The zero-order valence-electron chi connectivity index (χ0n) is 10.4. The van der Waals surface area contributed by atoms with Crippen LogP contribution in [0.5, 0.6) is 0 Å². The van der Waals surface area contributed by atoms with Gasteiger partial charge in [0.2, 0.25) is 0 Å². The van der Waals surface area contributed by atoms with Crippen molar-refractivity contribution in [2.75, 3.05) is 6.61 Å². The first-order chi connectivity index (χ1) is 8.14. The van der Waals surface area contributed by atoms with E-state index < -0.39 is 0 Å². The van der Waals surface area contributed by atoms with Crippen LogP contribution in [0.15, 0.2) is 24.3 Å². The van der Waals surface area contributed by atoms with Gasteiger partial charge in [-0.3, -0.25) is 0 Å². The van der Waals surface area contributed by atoms with Crippen molar-refractivity contribution in [1.82, 2.24) is 5.32 Å². The second-order valence-corrected chi connectivity index (χ2v) is 4.84. The van der Waals surface area contributed by atoms with Gasteiger partial charge in [0.15, 0.2) is 0 Å². The number of nitrogens with zero attached hydrogens (tertiary/aromatic N) is 1. The van der Waals surface area contributed by atoms with Crippen LogP contribution < -0.4 is 5.32 Å². The van der Waals surface area contributed by atoms with Crippen LogP contribution in [0.3, 0.4) is 0 Å². The summed E-state index contributed by atoms with van der Waals surface area (Å²) in [4.78, 5) is 0. The Kier molecular flexibility index (Phi) is 3.46. The van der Waals surface area contributed by atoms with Crippen LogP contribution in [-0.4, -0.2) is 18.2 Å². The first kappa shape index (κ1) is 12.1. The summed E-state index contributed by atoms with van der Waals surface area (Å²) in [6.07, 6.45) is 1.30. The fraction of sp³-hybridized carbons (Fsp3) is 0.500. The van der Waals surface area contributed by atoms with Crippen LogP contribution in [0.1, 0.15) is 31.4 Å². The SMILES string of the molecule is CC1OCCC1(C)NCc1ccc(C#N)cc1. The van der Waals surface area contributed by atoms with E-state index in [1.807, 2.05) is 24.3 Å². The van der Waals surface area contributed by atoms with Crippen LogP contribution in [0.4, 0.5) is 0 Å². The smallest absolute Gasteiger partial charge is 0.0991 e. The van der Waals surface area contributed by atoms with Crippen LogP contribution in [0.25, 0.3) is 0 Å². The molecule has 0 aliphatic carbocycles. The van der Waals surface area contributed by atoms with Crippen molar-refractivity contribution in [2.24, 2.45) is 0 Å². The molecule has 1 N–H and O–H groups in total. The number of benzene rings is 1. The van der Waals surface area contributed by atoms with E-state index in [-0.39, 0.29) is 11.6 Å². The molecule has 2 atom stereocenters. The minimum Gasteiger partial charge on any atom is -0.377 e. The number of nitriles is 1. The molecule has 1 aromatic rings. The summed E-state index contributed by atoms with van der Waals surface area (Å²) in [5.41, 5.74) is 1.97. The molecule has 1 saturated heterocycles. The summed E-state index contributed by atoms with van der Waals surface area (Å²) in [6.45, 7) is 5.96. The number of rotatable bonds is 3. The van der Waals surface area contributed by atoms with Crippen molar-refractivity contribution < 1.29 is 4.74 Å². The molecule has 0 radical (unpaired) electrons. The second kappa shape index (κ2) is 4.87. The first-order valence-electron chi connectivity index (χ1n) is 6.00. The van der Waals surface area contributed by atoms with Crippen molar-refractivity contribution in [1.29, 1.82) is 5.26 Å². The van der Waals surface area contributed by atoms with Crippen molar-refractivity contribution in [3.63, 3.8) is 0 Å². The highest BCUT2D eigenvalue weighted by Crippen LogP contribution is 2.25. The zero-order chi connectivity index (χ0) is 12.3. The Morgan fingerprint density at radius 1 is 1.47 bits per heavy atom. The molecule has 0 spiro atoms. The minimum atomic E-state index is 0.0634. The molecule has 1 aliphatic heterocycles. The average Bonchev–Trinajstić information content (AvgIpc) is 2.68. The van der Waals surface area contributed by atoms with Crippen molar-refractivity contribution in [2.45, 2.75) is 38.5 Å². The molecule has 1 aliphatic rings. The van der Waals surface area contributed by atoms with Gasteiger partial charge in [-0.2, -0.15) is 5.26 Å². The van der Waals surface area contributed by atoms with Gasteiger partial charge in [-0.1, -0.05) is 12.1 Å². The maximum atomic E-state index is 8.72. The molecule has 2 rings (SSSR count). The fourth-order valence-electron chi connectivity index (χ4n) is 2.07. The molecule has 0 bridgehead atoms. The normalized spacial score (nSPS) is 27.9. The van der Waals surface area contributed by atoms with E-state index in [2.05, 4.69) is 25.2 Å². The number of hydrogen-bond acceptors (Lipinski definition) is 3. The standard InChI is InChI=1S/C14H18N2O/c1-11-14(2,7-8-17-11)16-10-13-5-3-12(9-15)4-6-13/h3-6,11,16H,7-8,10H2,1-2H3. The molecule has 0 amide bonds. The van der Waals surface area contributed by atoms with Gasteiger partial charge in [0.25, 0.3) is 0 Å². The predicted octanol–water partition coefficient (Wildman–Crippen LogP) is 2.22. The molecule has 90 valence electrons. The van der Waals surface area contributed by atoms with Crippen molar-refractivity contribution >= 4 is 0 Å². The summed E-state index contributed by atoms with van der Waals surface area (Å²) < 4.78 is 5.59. The summed E-state index contributed by atoms with van der Waals surface area (Å²) in [5, 5.41) is 12.3. The minimum absolute atomic E-state index is 0.0634. The molecule has 0 aromatic heterocycles. The van der Waals surface area contributed by atoms with Crippen LogP contribution in [0.2, 0.25) is 0 Å². The lowest BCUT2D eigenvalue weighted by molar-refractivity contribution is 0.0881. The maximum absolute atomic E-state index is 8.72. The summed E-state index contributed by atoms with van der Waals surface area (Å²) in [6, 6.07) is 9.83. The molecule has 1 aromatic carbocycles. The quantitative estimate of drug-likeness (QED) is 0.866. The van der Waals surface area contributed by atoms with E-state index >= 15 is 0 Å². The second-order valence-electron chi connectivity index (χ2n) is 4.84. The van der Waals surface area contributed by atoms with Crippen LogP contribution >= 0.6 is 0 Å². The molecule has 3 nitrogen and oxygen atoms in total. The summed E-state index contributed by atoms with van der Waals surface area (Å²) in [5.74, 6) is 0. The lowest BCUT2D eigenvalue weighted by Gasteiger charge is -2.29. The van der Waals surface area contributed by atoms with E-state index in [0.29, 0.717) is 5.56 Å². The third kappa shape index (κ3) is 2.66. The average molecular weight is 230 g/mol. The largest absolute Gasteiger partial charge is 0.377 e. The monoisotopic (exact) mass is 230 g/mol.